The molecule has 5 heteroatoms. The van der Waals surface area contributed by atoms with E-state index in [2.05, 4.69) is 16.5 Å². The molecule has 0 saturated heterocycles. The summed E-state index contributed by atoms with van der Waals surface area (Å²) in [5, 5.41) is 3.06. The van der Waals surface area contributed by atoms with Crippen molar-refractivity contribution in [1.29, 1.82) is 0 Å². The third-order valence-electron chi connectivity index (χ3n) is 4.08. The van der Waals surface area contributed by atoms with E-state index in [1.54, 1.807) is 0 Å². The number of nitrogens with one attached hydrogen (secondary N) is 1. The molecule has 0 aliphatic heterocycles. The standard InChI is InChI=1S/C15H18N3O.Ra.H/c19-15(11-12-5-2-1-3-6-12)17-14-8-4-7-13-16-9-10-18(13)14;;/h4,7-8,10,12H,1-3,5-6,11H2,(H,17,19);;. The molecular formula is C15H19N3ORa. The monoisotopic (exact) mass is 483 g/mol. The van der Waals surface area contributed by atoms with Gasteiger partial charge < -0.3 is 0 Å². The van der Waals surface area contributed by atoms with E-state index < -0.39 is 0 Å². The summed E-state index contributed by atoms with van der Waals surface area (Å²) < 4.78 is 3.18. The summed E-state index contributed by atoms with van der Waals surface area (Å²) in [7, 11) is 0. The van der Waals surface area contributed by atoms with E-state index in [0.29, 0.717) is 12.3 Å². The molecule has 2 aromatic heterocycles. The van der Waals surface area contributed by atoms with Crippen molar-refractivity contribution in [2.24, 2.45) is 5.92 Å². The predicted molar refractivity (Wildman–Crippen MR) is 76.0 cm³/mol. The zero-order valence-corrected chi connectivity index (χ0v) is 20.2. The van der Waals surface area contributed by atoms with Gasteiger partial charge in [0.15, 0.2) is 0 Å². The van der Waals surface area contributed by atoms with Crippen LogP contribution in [0, 0.1) is 48.7 Å². The van der Waals surface area contributed by atoms with Gasteiger partial charge in [-0.3, -0.25) is 0 Å². The molecule has 1 N–H and O–H groups in total. The number of fused-ring (bicyclic) bond motifs is 1. The molecule has 102 valence electrons. The van der Waals surface area contributed by atoms with Crippen LogP contribution in [-0.2, 0) is 4.79 Å². The first-order valence-corrected chi connectivity index (χ1v) is 11.6. The van der Waals surface area contributed by atoms with Gasteiger partial charge in [0, 0.05) is 0 Å². The molecule has 1 aliphatic carbocycles. The molecule has 0 atom stereocenters. The van der Waals surface area contributed by atoms with Gasteiger partial charge in [-0.1, -0.05) is 0 Å². The quantitative estimate of drug-likeness (QED) is 0.728. The Bertz CT molecular complexity index is 617. The molecule has 0 aromatic carbocycles. The van der Waals surface area contributed by atoms with Crippen molar-refractivity contribution in [2.75, 3.05) is 5.32 Å². The summed E-state index contributed by atoms with van der Waals surface area (Å²) >= 11 is 0.243. The number of amides is 1. The average molecular weight is 483 g/mol. The maximum atomic E-state index is 12.2. The summed E-state index contributed by atoms with van der Waals surface area (Å²) in [6.07, 6.45) is 9.01. The molecular weight excluding hydrogens is 464 g/mol. The van der Waals surface area contributed by atoms with Crippen LogP contribution in [0.1, 0.15) is 38.5 Å². The zero-order chi connectivity index (χ0) is 13.9. The number of carbonyl (C=O) groups excluding carboxylic acids is 1. The van der Waals surface area contributed by atoms with E-state index in [4.69, 9.17) is 0 Å². The molecule has 3 rings (SSSR count). The van der Waals surface area contributed by atoms with E-state index in [9.17, 15) is 4.79 Å². The molecule has 0 radical (unpaired) electrons. The van der Waals surface area contributed by atoms with Crippen LogP contribution in [0.5, 0.6) is 0 Å². The van der Waals surface area contributed by atoms with Crippen molar-refractivity contribution < 1.29 is 47.6 Å². The number of pyridine rings is 1. The Morgan fingerprint density at radius 2 is 2.15 bits per heavy atom. The molecule has 0 bridgehead atoms. The molecule has 1 aliphatic rings. The van der Waals surface area contributed by atoms with Gasteiger partial charge in [-0.25, -0.2) is 0 Å². The third kappa shape index (κ3) is 3.44. The van der Waals surface area contributed by atoms with Crippen LogP contribution in [0.2, 0.25) is 0 Å². The molecule has 1 saturated carbocycles. The molecule has 1 fully saturated rings. The number of rotatable bonds is 3. The number of hydrogen-bond donors (Lipinski definition) is 1. The Hall–Kier alpha value is -0.372. The van der Waals surface area contributed by atoms with Gasteiger partial charge in [0.25, 0.3) is 0 Å². The van der Waals surface area contributed by atoms with E-state index >= 15 is 0 Å². The van der Waals surface area contributed by atoms with Crippen LogP contribution >= 0.6 is 0 Å². The van der Waals surface area contributed by atoms with Crippen molar-refractivity contribution in [3.63, 3.8) is 0 Å². The second kappa shape index (κ2) is 6.59. The van der Waals surface area contributed by atoms with Crippen molar-refractivity contribution in [1.82, 2.24) is 9.38 Å². The second-order valence-corrected chi connectivity index (χ2v) is 9.99. The van der Waals surface area contributed by atoms with Crippen LogP contribution < -0.4 is 6.05 Å². The fourth-order valence-corrected chi connectivity index (χ4v) is 5.08. The first-order valence-electron chi connectivity index (χ1n) is 7.47. The minimum absolute atomic E-state index is 0.140. The van der Waals surface area contributed by atoms with E-state index in [-0.39, 0.29) is 48.7 Å². The molecule has 2 aromatic rings. The predicted octanol–water partition coefficient (Wildman–Crippen LogP) is 2.15. The molecule has 0 spiro atoms. The molecule has 1 amide bonds. The number of aromatic nitrogens is 2. The van der Waals surface area contributed by atoms with Gasteiger partial charge in [0.1, 0.15) is 0 Å². The SMILES string of the molecule is O=C(CC1CCCCC1)Nc1cccc2n[c]([RaH])cn12. The second-order valence-electron chi connectivity index (χ2n) is 5.78. The van der Waals surface area contributed by atoms with Crippen LogP contribution in [0.3, 0.4) is 0 Å². The summed E-state index contributed by atoms with van der Waals surface area (Å²) in [6, 6.07) is 5.89. The number of imidazole rings is 1. The zero-order valence-electron chi connectivity index (χ0n) is 11.9. The Balaban J connectivity index is 1.70. The number of anilines is 1. The number of nitrogens with zero attached hydrogens (tertiary/aromatic N) is 2. The van der Waals surface area contributed by atoms with Gasteiger partial charge in [-0.2, -0.15) is 0 Å². The average Bonchev–Trinajstić information content (AvgIpc) is 2.81. The first kappa shape index (κ1) is 14.6. The third-order valence-corrected chi connectivity index (χ3v) is 6.06. The molecule has 20 heavy (non-hydrogen) atoms. The number of hydrogen-bond acceptors (Lipinski definition) is 2. The Labute approximate surface area is 148 Å². The van der Waals surface area contributed by atoms with Gasteiger partial charge >= 0.3 is 149 Å². The Morgan fingerprint density at radius 3 is 2.95 bits per heavy atom. The van der Waals surface area contributed by atoms with Crippen LogP contribution in [-0.4, -0.2) is 15.3 Å². The van der Waals surface area contributed by atoms with Crippen LogP contribution in [0.25, 0.3) is 5.65 Å². The minimum atomic E-state index is 0.140. The van der Waals surface area contributed by atoms with Gasteiger partial charge in [0.2, 0.25) is 0 Å². The topological polar surface area (TPSA) is 46.4 Å². The molecule has 4 nitrogen and oxygen atoms in total. The first-order chi connectivity index (χ1) is 9.72. The van der Waals surface area contributed by atoms with E-state index in [1.807, 2.05) is 22.6 Å². The molecule has 2 heterocycles. The fraction of sp³-hybridized carbons (Fsp3) is 0.467. The van der Waals surface area contributed by atoms with Gasteiger partial charge in [-0.05, 0) is 0 Å². The van der Waals surface area contributed by atoms with Crippen molar-refractivity contribution >= 4 is 18.1 Å². The Kier molecular flexibility index (Phi) is 4.80. The normalized spacial score (nSPS) is 16.4. The Morgan fingerprint density at radius 1 is 1.35 bits per heavy atom. The van der Waals surface area contributed by atoms with Crippen molar-refractivity contribution in [3.8, 4) is 0 Å². The molecule has 0 unspecified atom stereocenters. The summed E-state index contributed by atoms with van der Waals surface area (Å²) in [5.41, 5.74) is 0.931. The maximum absolute atomic E-state index is 12.2. The fourth-order valence-electron chi connectivity index (χ4n) is 3.08. The summed E-state index contributed by atoms with van der Waals surface area (Å²) in [5.74, 6) is 1.56. The summed E-state index contributed by atoms with van der Waals surface area (Å²) in [4.78, 5) is 16.7. The van der Waals surface area contributed by atoms with E-state index in [1.165, 1.54) is 32.8 Å². The van der Waals surface area contributed by atoms with Crippen LogP contribution in [0.15, 0.2) is 24.4 Å². The summed E-state index contributed by atoms with van der Waals surface area (Å²) in [6.45, 7) is 0. The van der Waals surface area contributed by atoms with Gasteiger partial charge in [0.05, 0.1) is 0 Å². The van der Waals surface area contributed by atoms with Gasteiger partial charge in [-0.15, -0.1) is 0 Å². The van der Waals surface area contributed by atoms with Crippen molar-refractivity contribution in [3.05, 3.63) is 24.4 Å². The number of carbonyl (C=O) groups is 1. The van der Waals surface area contributed by atoms with E-state index in [0.717, 1.165) is 11.5 Å². The van der Waals surface area contributed by atoms with Crippen molar-refractivity contribution in [2.45, 2.75) is 38.5 Å². The van der Waals surface area contributed by atoms with Crippen LogP contribution in [0.4, 0.5) is 5.82 Å².